The SMILES string of the molecule is CC(NS(=O)(=O)c1ccc2[nH]c(=O)[nH]c(=O)c2c1)c1ccc2ccccc2c1. The molecular weight excluding hydrogens is 378 g/mol. The molecule has 0 radical (unpaired) electrons. The van der Waals surface area contributed by atoms with Crippen LogP contribution in [0.15, 0.2) is 75.1 Å². The maximum Gasteiger partial charge on any atom is 0.326 e. The largest absolute Gasteiger partial charge is 0.326 e. The second-order valence-electron chi connectivity index (χ2n) is 6.57. The average Bonchev–Trinajstić information content (AvgIpc) is 2.66. The zero-order chi connectivity index (χ0) is 19.9. The highest BCUT2D eigenvalue weighted by Crippen LogP contribution is 2.22. The minimum atomic E-state index is -3.87. The Balaban J connectivity index is 1.68. The number of nitrogens with one attached hydrogen (secondary N) is 3. The minimum absolute atomic E-state index is 0.0508. The van der Waals surface area contributed by atoms with Crippen LogP contribution < -0.4 is 16.0 Å². The maximum atomic E-state index is 12.8. The smallest absolute Gasteiger partial charge is 0.307 e. The number of hydrogen-bond acceptors (Lipinski definition) is 4. The standard InChI is InChI=1S/C20H17N3O4S/c1-12(14-7-6-13-4-2-3-5-15(13)10-14)23-28(26,27)16-8-9-18-17(11-16)19(24)22-20(25)21-18/h2-12,23H,1H3,(H2,21,22,24,25). The molecule has 3 N–H and O–H groups in total. The molecule has 0 fully saturated rings. The molecule has 0 saturated heterocycles. The van der Waals surface area contributed by atoms with Crippen molar-refractivity contribution >= 4 is 31.7 Å². The van der Waals surface area contributed by atoms with E-state index in [2.05, 4.69) is 14.7 Å². The summed E-state index contributed by atoms with van der Waals surface area (Å²) in [5.74, 6) is 0. The van der Waals surface area contributed by atoms with E-state index in [1.165, 1.54) is 18.2 Å². The van der Waals surface area contributed by atoms with Gasteiger partial charge in [0.05, 0.1) is 15.8 Å². The van der Waals surface area contributed by atoms with Crippen LogP contribution in [0.5, 0.6) is 0 Å². The van der Waals surface area contributed by atoms with Gasteiger partial charge in [0.2, 0.25) is 10.0 Å². The van der Waals surface area contributed by atoms with Crippen LogP contribution in [-0.2, 0) is 10.0 Å². The summed E-state index contributed by atoms with van der Waals surface area (Å²) in [7, 11) is -3.87. The van der Waals surface area contributed by atoms with Gasteiger partial charge in [0, 0.05) is 6.04 Å². The molecule has 7 nitrogen and oxygen atoms in total. The van der Waals surface area contributed by atoms with Crippen LogP contribution >= 0.6 is 0 Å². The van der Waals surface area contributed by atoms with Gasteiger partial charge in [0.15, 0.2) is 0 Å². The first-order valence-corrected chi connectivity index (χ1v) is 10.1. The lowest BCUT2D eigenvalue weighted by Crippen LogP contribution is -2.27. The summed E-state index contributed by atoms with van der Waals surface area (Å²) in [5.41, 5.74) is -0.185. The number of H-pyrrole nitrogens is 2. The minimum Gasteiger partial charge on any atom is -0.307 e. The van der Waals surface area contributed by atoms with Crippen molar-refractivity contribution < 1.29 is 8.42 Å². The molecule has 1 heterocycles. The second kappa shape index (κ2) is 6.74. The summed E-state index contributed by atoms with van der Waals surface area (Å²) in [4.78, 5) is 27.8. The number of benzene rings is 3. The third kappa shape index (κ3) is 3.35. The quantitative estimate of drug-likeness (QED) is 0.493. The molecule has 28 heavy (non-hydrogen) atoms. The lowest BCUT2D eigenvalue weighted by molar-refractivity contribution is 0.567. The molecule has 0 amide bonds. The number of aromatic nitrogens is 2. The van der Waals surface area contributed by atoms with E-state index in [1.807, 2.05) is 42.5 Å². The lowest BCUT2D eigenvalue weighted by Gasteiger charge is -2.15. The lowest BCUT2D eigenvalue weighted by atomic mass is 10.0. The molecule has 1 unspecified atom stereocenters. The molecule has 1 aromatic heterocycles. The summed E-state index contributed by atoms with van der Waals surface area (Å²) >= 11 is 0. The molecule has 0 aliphatic heterocycles. The van der Waals surface area contributed by atoms with Crippen molar-refractivity contribution in [2.45, 2.75) is 17.9 Å². The van der Waals surface area contributed by atoms with Crippen molar-refractivity contribution in [3.8, 4) is 0 Å². The highest BCUT2D eigenvalue weighted by molar-refractivity contribution is 7.89. The maximum absolute atomic E-state index is 12.8. The van der Waals surface area contributed by atoms with Gasteiger partial charge in [0.25, 0.3) is 5.56 Å². The van der Waals surface area contributed by atoms with Crippen LogP contribution in [0, 0.1) is 0 Å². The molecule has 8 heteroatoms. The van der Waals surface area contributed by atoms with Crippen molar-refractivity contribution in [3.05, 3.63) is 87.1 Å². The molecule has 0 bridgehead atoms. The topological polar surface area (TPSA) is 112 Å². The fourth-order valence-corrected chi connectivity index (χ4v) is 4.42. The fraction of sp³-hybridized carbons (Fsp3) is 0.100. The van der Waals surface area contributed by atoms with Gasteiger partial charge in [-0.1, -0.05) is 36.4 Å². The first-order valence-electron chi connectivity index (χ1n) is 8.61. The van der Waals surface area contributed by atoms with Crippen molar-refractivity contribution in [1.29, 1.82) is 0 Å². The summed E-state index contributed by atoms with van der Waals surface area (Å²) in [5, 5.41) is 2.19. The van der Waals surface area contributed by atoms with Gasteiger partial charge in [-0.05, 0) is 47.5 Å². The van der Waals surface area contributed by atoms with E-state index in [4.69, 9.17) is 0 Å². The third-order valence-electron chi connectivity index (χ3n) is 4.63. The Kier molecular flexibility index (Phi) is 4.37. The average molecular weight is 395 g/mol. The second-order valence-corrected chi connectivity index (χ2v) is 8.28. The number of hydrogen-bond donors (Lipinski definition) is 3. The molecule has 3 aromatic carbocycles. The molecule has 4 aromatic rings. The molecule has 0 aliphatic carbocycles. The first-order chi connectivity index (χ1) is 13.3. The van der Waals surface area contributed by atoms with Crippen molar-refractivity contribution in [2.24, 2.45) is 0 Å². The Labute approximate surface area is 160 Å². The van der Waals surface area contributed by atoms with Gasteiger partial charge in [-0.25, -0.2) is 17.9 Å². The molecule has 4 rings (SSSR count). The van der Waals surface area contributed by atoms with Crippen LogP contribution in [-0.4, -0.2) is 18.4 Å². The van der Waals surface area contributed by atoms with E-state index in [1.54, 1.807) is 6.92 Å². The van der Waals surface area contributed by atoms with Gasteiger partial charge in [0.1, 0.15) is 0 Å². The number of fused-ring (bicyclic) bond motifs is 2. The Bertz CT molecular complexity index is 1420. The zero-order valence-electron chi connectivity index (χ0n) is 14.9. The molecular formula is C20H17N3O4S. The van der Waals surface area contributed by atoms with Crippen molar-refractivity contribution in [3.63, 3.8) is 0 Å². The predicted octanol–water partition coefficient (Wildman–Crippen LogP) is 2.41. The van der Waals surface area contributed by atoms with Gasteiger partial charge in [-0.2, -0.15) is 0 Å². The van der Waals surface area contributed by atoms with Crippen molar-refractivity contribution in [2.75, 3.05) is 0 Å². The van der Waals surface area contributed by atoms with Gasteiger partial charge in [-0.15, -0.1) is 0 Å². The molecule has 0 aliphatic rings. The van der Waals surface area contributed by atoms with E-state index in [0.29, 0.717) is 0 Å². The summed E-state index contributed by atoms with van der Waals surface area (Å²) in [6.45, 7) is 1.76. The molecule has 0 spiro atoms. The Hall–Kier alpha value is -3.23. The Morgan fingerprint density at radius 3 is 2.43 bits per heavy atom. The van der Waals surface area contributed by atoms with E-state index in [0.717, 1.165) is 16.3 Å². The third-order valence-corrected chi connectivity index (χ3v) is 6.17. The van der Waals surface area contributed by atoms with Crippen LogP contribution in [0.4, 0.5) is 0 Å². The Morgan fingerprint density at radius 2 is 1.64 bits per heavy atom. The molecule has 142 valence electrons. The number of sulfonamides is 1. The van der Waals surface area contributed by atoms with Crippen molar-refractivity contribution in [1.82, 2.24) is 14.7 Å². The van der Waals surface area contributed by atoms with Gasteiger partial charge >= 0.3 is 5.69 Å². The number of rotatable bonds is 4. The number of aromatic amines is 2. The summed E-state index contributed by atoms with van der Waals surface area (Å²) < 4.78 is 28.2. The van der Waals surface area contributed by atoms with E-state index in [-0.39, 0.29) is 15.8 Å². The molecule has 1 atom stereocenters. The van der Waals surface area contributed by atoms with Crippen LogP contribution in [0.3, 0.4) is 0 Å². The van der Waals surface area contributed by atoms with E-state index in [9.17, 15) is 18.0 Å². The van der Waals surface area contributed by atoms with E-state index >= 15 is 0 Å². The predicted molar refractivity (Wildman–Crippen MR) is 108 cm³/mol. The highest BCUT2D eigenvalue weighted by Gasteiger charge is 2.19. The van der Waals surface area contributed by atoms with Crippen LogP contribution in [0.2, 0.25) is 0 Å². The van der Waals surface area contributed by atoms with Crippen LogP contribution in [0.25, 0.3) is 21.7 Å². The highest BCUT2D eigenvalue weighted by atomic mass is 32.2. The summed E-state index contributed by atoms with van der Waals surface area (Å²) in [6.07, 6.45) is 0. The summed E-state index contributed by atoms with van der Waals surface area (Å²) in [6, 6.07) is 17.1. The fourth-order valence-electron chi connectivity index (χ4n) is 3.16. The normalized spacial score (nSPS) is 13.0. The van der Waals surface area contributed by atoms with Gasteiger partial charge in [-0.3, -0.25) is 9.78 Å². The van der Waals surface area contributed by atoms with Gasteiger partial charge < -0.3 is 4.98 Å². The monoisotopic (exact) mass is 395 g/mol. The van der Waals surface area contributed by atoms with Crippen LogP contribution in [0.1, 0.15) is 18.5 Å². The first kappa shape index (κ1) is 18.1. The zero-order valence-corrected chi connectivity index (χ0v) is 15.7. The van der Waals surface area contributed by atoms with E-state index < -0.39 is 27.3 Å². The molecule has 0 saturated carbocycles. The Morgan fingerprint density at radius 1 is 0.893 bits per heavy atom.